The molecule has 0 saturated heterocycles. The van der Waals surface area contributed by atoms with Gasteiger partial charge in [-0.05, 0) is 24.3 Å². The fourth-order valence-corrected chi connectivity index (χ4v) is 1.46. The molecule has 1 N–H and O–H groups in total. The fourth-order valence-electron chi connectivity index (χ4n) is 1.09. The Morgan fingerprint density at radius 2 is 2.00 bits per heavy atom. The first-order valence-corrected chi connectivity index (χ1v) is 5.94. The maximum Gasteiger partial charge on any atom is 0.321 e. The molecule has 0 aliphatic heterocycles. The smallest absolute Gasteiger partial charge is 0.321 e. The molecule has 0 bridgehead atoms. The van der Waals surface area contributed by atoms with E-state index in [4.69, 9.17) is 34.8 Å². The summed E-state index contributed by atoms with van der Waals surface area (Å²) in [5.41, 5.74) is 1.89. The molecule has 2 amide bonds. The Balaban J connectivity index is 2.57. The third-order valence-electron chi connectivity index (χ3n) is 1.95. The Morgan fingerprint density at radius 1 is 1.41 bits per heavy atom. The van der Waals surface area contributed by atoms with Crippen molar-refractivity contribution < 1.29 is 4.79 Å². The first kappa shape index (κ1) is 14.2. The highest BCUT2D eigenvalue weighted by Crippen LogP contribution is 2.14. The Morgan fingerprint density at radius 3 is 2.53 bits per heavy atom. The number of likely N-dealkylation sites (N-methyl/N-ethyl adjacent to an activating group) is 1. The summed E-state index contributed by atoms with van der Waals surface area (Å²) in [6.07, 6.45) is 0. The first-order chi connectivity index (χ1) is 8.02. The zero-order valence-corrected chi connectivity index (χ0v) is 11.4. The second-order valence-electron chi connectivity index (χ2n) is 3.35. The predicted octanol–water partition coefficient (Wildman–Crippen LogP) is 4.12. The molecular formula is C11H11Cl3N2O. The van der Waals surface area contributed by atoms with Crippen molar-refractivity contribution in [2.24, 2.45) is 0 Å². The molecule has 0 unspecified atom stereocenters. The van der Waals surface area contributed by atoms with Crippen LogP contribution in [0.15, 0.2) is 34.8 Å². The van der Waals surface area contributed by atoms with E-state index >= 15 is 0 Å². The second-order valence-corrected chi connectivity index (χ2v) is 4.49. The Hall–Kier alpha value is -0.900. The summed E-state index contributed by atoms with van der Waals surface area (Å²) in [6.45, 7) is 0.254. The lowest BCUT2D eigenvalue weighted by Crippen LogP contribution is -2.32. The number of hydrogen-bond acceptors (Lipinski definition) is 1. The largest absolute Gasteiger partial charge is 0.322 e. The predicted molar refractivity (Wildman–Crippen MR) is 72.9 cm³/mol. The molecule has 17 heavy (non-hydrogen) atoms. The van der Waals surface area contributed by atoms with Gasteiger partial charge in [0, 0.05) is 28.3 Å². The van der Waals surface area contributed by atoms with Crippen LogP contribution in [0.2, 0.25) is 5.02 Å². The number of carbonyl (C=O) groups is 1. The van der Waals surface area contributed by atoms with E-state index in [1.807, 2.05) is 0 Å². The lowest BCUT2D eigenvalue weighted by Gasteiger charge is -2.17. The van der Waals surface area contributed by atoms with E-state index in [9.17, 15) is 4.79 Å². The van der Waals surface area contributed by atoms with Crippen LogP contribution in [0.3, 0.4) is 0 Å². The summed E-state index contributed by atoms with van der Waals surface area (Å²) in [6, 6.07) is 6.55. The van der Waals surface area contributed by atoms with Gasteiger partial charge in [-0.1, -0.05) is 34.8 Å². The molecule has 0 fully saturated rings. The van der Waals surface area contributed by atoms with Gasteiger partial charge in [0.05, 0.1) is 6.54 Å². The molecule has 0 saturated carbocycles. The molecule has 0 aromatic heterocycles. The van der Waals surface area contributed by atoms with Crippen molar-refractivity contribution in [2.75, 3.05) is 18.9 Å². The lowest BCUT2D eigenvalue weighted by molar-refractivity contribution is 0.226. The van der Waals surface area contributed by atoms with Crippen LogP contribution in [0.25, 0.3) is 0 Å². The van der Waals surface area contributed by atoms with E-state index in [1.165, 1.54) is 10.4 Å². The van der Waals surface area contributed by atoms with Crippen LogP contribution in [0.4, 0.5) is 10.5 Å². The number of amides is 2. The number of anilines is 1. The van der Waals surface area contributed by atoms with Crippen molar-refractivity contribution in [3.8, 4) is 0 Å². The van der Waals surface area contributed by atoms with E-state index in [0.717, 1.165) is 0 Å². The second kappa shape index (κ2) is 6.74. The van der Waals surface area contributed by atoms with Gasteiger partial charge in [0.2, 0.25) is 0 Å². The molecule has 1 aromatic rings. The molecule has 0 aliphatic rings. The SMILES string of the molecule is CN(CC(Cl)=CCl)C(=O)Nc1ccc(Cl)cc1. The standard InChI is InChI=1S/C11H11Cl3N2O/c1-16(7-9(14)6-12)11(17)15-10-4-2-8(13)3-5-10/h2-6H,7H2,1H3,(H,15,17). The van der Waals surface area contributed by atoms with Crippen LogP contribution in [0.5, 0.6) is 0 Å². The number of benzene rings is 1. The summed E-state index contributed by atoms with van der Waals surface area (Å²) in [5.74, 6) is 0. The van der Waals surface area contributed by atoms with Crippen molar-refractivity contribution in [2.45, 2.75) is 0 Å². The van der Waals surface area contributed by atoms with Crippen LogP contribution in [-0.2, 0) is 0 Å². The molecule has 1 rings (SSSR count). The Bertz CT molecular complexity index is 417. The van der Waals surface area contributed by atoms with E-state index in [1.54, 1.807) is 31.3 Å². The molecule has 0 aliphatic carbocycles. The molecule has 0 spiro atoms. The zero-order chi connectivity index (χ0) is 12.8. The molecule has 0 heterocycles. The minimum atomic E-state index is -0.274. The minimum absolute atomic E-state index is 0.254. The lowest BCUT2D eigenvalue weighted by atomic mass is 10.3. The number of nitrogens with zero attached hydrogens (tertiary/aromatic N) is 1. The minimum Gasteiger partial charge on any atom is -0.322 e. The van der Waals surface area contributed by atoms with Crippen LogP contribution >= 0.6 is 34.8 Å². The average Bonchev–Trinajstić information content (AvgIpc) is 2.31. The topological polar surface area (TPSA) is 32.3 Å². The van der Waals surface area contributed by atoms with Gasteiger partial charge in [0.1, 0.15) is 0 Å². The van der Waals surface area contributed by atoms with Gasteiger partial charge in [-0.15, -0.1) is 0 Å². The fraction of sp³-hybridized carbons (Fsp3) is 0.182. The van der Waals surface area contributed by atoms with Crippen molar-refractivity contribution in [1.82, 2.24) is 4.90 Å². The van der Waals surface area contributed by atoms with Crippen molar-refractivity contribution in [1.29, 1.82) is 0 Å². The maximum atomic E-state index is 11.7. The van der Waals surface area contributed by atoms with Crippen molar-refractivity contribution >= 4 is 46.5 Å². The summed E-state index contributed by atoms with van der Waals surface area (Å²) in [7, 11) is 1.62. The van der Waals surface area contributed by atoms with E-state index in [2.05, 4.69) is 5.32 Å². The number of halogens is 3. The van der Waals surface area contributed by atoms with E-state index < -0.39 is 0 Å². The van der Waals surface area contributed by atoms with Gasteiger partial charge in [-0.3, -0.25) is 0 Å². The Labute approximate surface area is 115 Å². The molecule has 92 valence electrons. The van der Waals surface area contributed by atoms with Gasteiger partial charge in [0.25, 0.3) is 0 Å². The van der Waals surface area contributed by atoms with Crippen molar-refractivity contribution in [3.05, 3.63) is 39.9 Å². The van der Waals surface area contributed by atoms with E-state index in [-0.39, 0.29) is 12.6 Å². The first-order valence-electron chi connectivity index (χ1n) is 4.75. The molecule has 3 nitrogen and oxygen atoms in total. The molecule has 6 heteroatoms. The molecule has 0 atom stereocenters. The summed E-state index contributed by atoms with van der Waals surface area (Å²) < 4.78 is 0. The maximum absolute atomic E-state index is 11.7. The van der Waals surface area contributed by atoms with Gasteiger partial charge in [-0.25, -0.2) is 4.79 Å². The monoisotopic (exact) mass is 292 g/mol. The average molecular weight is 294 g/mol. The normalized spacial score (nSPS) is 11.2. The van der Waals surface area contributed by atoms with Crippen LogP contribution in [0.1, 0.15) is 0 Å². The van der Waals surface area contributed by atoms with Crippen LogP contribution in [0, 0.1) is 0 Å². The highest BCUT2D eigenvalue weighted by molar-refractivity contribution is 6.36. The quantitative estimate of drug-likeness (QED) is 0.893. The van der Waals surface area contributed by atoms with Crippen LogP contribution in [-0.4, -0.2) is 24.5 Å². The highest BCUT2D eigenvalue weighted by Gasteiger charge is 2.09. The highest BCUT2D eigenvalue weighted by atomic mass is 35.5. The number of nitrogens with one attached hydrogen (secondary N) is 1. The number of carbonyl (C=O) groups excluding carboxylic acids is 1. The number of hydrogen-bond donors (Lipinski definition) is 1. The molecule has 1 aromatic carbocycles. The summed E-state index contributed by atoms with van der Waals surface area (Å²) in [4.78, 5) is 13.1. The summed E-state index contributed by atoms with van der Waals surface area (Å²) in [5, 5.41) is 3.70. The van der Waals surface area contributed by atoms with Gasteiger partial charge >= 0.3 is 6.03 Å². The van der Waals surface area contributed by atoms with E-state index in [0.29, 0.717) is 15.7 Å². The Kier molecular flexibility index (Phi) is 5.62. The van der Waals surface area contributed by atoms with Crippen molar-refractivity contribution in [3.63, 3.8) is 0 Å². The van der Waals surface area contributed by atoms with Gasteiger partial charge < -0.3 is 10.2 Å². The summed E-state index contributed by atoms with van der Waals surface area (Å²) >= 11 is 16.9. The number of rotatable bonds is 3. The number of urea groups is 1. The van der Waals surface area contributed by atoms with Crippen LogP contribution < -0.4 is 5.32 Å². The third kappa shape index (κ3) is 4.86. The molecular weight excluding hydrogens is 282 g/mol. The third-order valence-corrected chi connectivity index (χ3v) is 2.80. The zero-order valence-electron chi connectivity index (χ0n) is 9.08. The van der Waals surface area contributed by atoms with Gasteiger partial charge in [0.15, 0.2) is 0 Å². The van der Waals surface area contributed by atoms with Gasteiger partial charge in [-0.2, -0.15) is 0 Å². The molecule has 0 radical (unpaired) electrons.